The van der Waals surface area contributed by atoms with Gasteiger partial charge in [0.25, 0.3) is 5.91 Å². The first-order valence-corrected chi connectivity index (χ1v) is 13.7. The van der Waals surface area contributed by atoms with Gasteiger partial charge in [-0.3, -0.25) is 14.4 Å². The molecule has 0 aliphatic heterocycles. The second-order valence-corrected chi connectivity index (χ2v) is 12.8. The highest BCUT2D eigenvalue weighted by molar-refractivity contribution is 5.98. The number of ether oxygens (including phenoxy) is 2. The zero-order valence-electron chi connectivity index (χ0n) is 23.1. The van der Waals surface area contributed by atoms with Gasteiger partial charge in [-0.1, -0.05) is 20.8 Å². The van der Waals surface area contributed by atoms with Gasteiger partial charge in [-0.15, -0.1) is 0 Å². The van der Waals surface area contributed by atoms with Crippen LogP contribution in [0.1, 0.15) is 83.0 Å². The summed E-state index contributed by atoms with van der Waals surface area (Å²) in [6.07, 6.45) is 4.32. The minimum Gasteiger partial charge on any atom is -0.496 e. The van der Waals surface area contributed by atoms with E-state index in [4.69, 9.17) is 9.47 Å². The number of nitrogens with one attached hydrogen (secondary N) is 2. The van der Waals surface area contributed by atoms with Gasteiger partial charge in [0, 0.05) is 18.7 Å². The van der Waals surface area contributed by atoms with E-state index in [0.717, 1.165) is 25.3 Å². The number of benzene rings is 1. The van der Waals surface area contributed by atoms with Crippen molar-refractivity contribution in [3.63, 3.8) is 0 Å². The molecule has 0 heterocycles. The standard InChI is InChI=1S/C29H41FN2O6/c1-28(2,3)15-31-26(34)23-16-6-7-17(12-16)24(23)32-25(33)19-13-22(20(30)14-21(19)37-5)38-18-8-10-29(4,11-9-18)27(35)36/h13-14,16-18,23-24H,6-12,15H2,1-5H3,(H,31,34)(H,32,33)(H,35,36)/t16-,17+,18-,23+,24-,29+/m1/s1. The van der Waals surface area contributed by atoms with Gasteiger partial charge in [0.1, 0.15) is 5.75 Å². The second-order valence-electron chi connectivity index (χ2n) is 12.8. The van der Waals surface area contributed by atoms with Crippen molar-refractivity contribution in [3.05, 3.63) is 23.5 Å². The third kappa shape index (κ3) is 5.91. The molecule has 8 nitrogen and oxygen atoms in total. The summed E-state index contributed by atoms with van der Waals surface area (Å²) >= 11 is 0. The number of fused-ring (bicyclic) bond motifs is 2. The van der Waals surface area contributed by atoms with Gasteiger partial charge in [0.2, 0.25) is 5.91 Å². The number of carbonyl (C=O) groups excluding carboxylic acids is 2. The Balaban J connectivity index is 1.48. The summed E-state index contributed by atoms with van der Waals surface area (Å²) in [5.74, 6) is -1.75. The largest absolute Gasteiger partial charge is 0.496 e. The Morgan fingerprint density at radius 2 is 1.74 bits per heavy atom. The molecule has 3 fully saturated rings. The molecule has 4 atom stereocenters. The Labute approximate surface area is 224 Å². The molecule has 1 aromatic rings. The lowest BCUT2D eigenvalue weighted by Crippen LogP contribution is -2.50. The van der Waals surface area contributed by atoms with E-state index in [1.807, 2.05) is 0 Å². The molecule has 2 amide bonds. The van der Waals surface area contributed by atoms with E-state index in [1.165, 1.54) is 13.2 Å². The maximum absolute atomic E-state index is 14.9. The van der Waals surface area contributed by atoms with Crippen LogP contribution in [0.2, 0.25) is 0 Å². The highest BCUT2D eigenvalue weighted by atomic mass is 19.1. The van der Waals surface area contributed by atoms with Crippen LogP contribution in [0, 0.1) is 34.4 Å². The molecule has 3 aliphatic carbocycles. The van der Waals surface area contributed by atoms with Gasteiger partial charge in [-0.05, 0) is 75.2 Å². The summed E-state index contributed by atoms with van der Waals surface area (Å²) in [7, 11) is 1.38. The van der Waals surface area contributed by atoms with E-state index in [0.29, 0.717) is 32.2 Å². The number of amides is 2. The number of carboxylic acids is 1. The highest BCUT2D eigenvalue weighted by Gasteiger charge is 2.51. The number of halogens is 1. The monoisotopic (exact) mass is 532 g/mol. The van der Waals surface area contributed by atoms with Crippen molar-refractivity contribution in [3.8, 4) is 11.5 Å². The normalized spacial score (nSPS) is 30.5. The van der Waals surface area contributed by atoms with Crippen molar-refractivity contribution < 1.29 is 33.4 Å². The molecule has 0 aromatic heterocycles. The van der Waals surface area contributed by atoms with Crippen LogP contribution in [0.4, 0.5) is 4.39 Å². The number of carboxylic acid groups (broad SMARTS) is 1. The molecule has 0 saturated heterocycles. The number of carbonyl (C=O) groups is 3. The zero-order valence-corrected chi connectivity index (χ0v) is 23.1. The molecule has 9 heteroatoms. The average Bonchev–Trinajstić information content (AvgIpc) is 3.46. The van der Waals surface area contributed by atoms with E-state index in [-0.39, 0.29) is 58.3 Å². The second kappa shape index (κ2) is 10.7. The van der Waals surface area contributed by atoms with Crippen molar-refractivity contribution in [2.24, 2.45) is 28.6 Å². The minimum atomic E-state index is -0.837. The Morgan fingerprint density at radius 3 is 2.34 bits per heavy atom. The molecular weight excluding hydrogens is 491 g/mol. The molecule has 3 aliphatic rings. The van der Waals surface area contributed by atoms with Crippen molar-refractivity contribution >= 4 is 17.8 Å². The fraction of sp³-hybridized carbons (Fsp3) is 0.690. The first kappa shape index (κ1) is 28.2. The molecule has 1 aromatic carbocycles. The molecule has 4 rings (SSSR count). The SMILES string of the molecule is COc1cc(F)c(O[C@H]2CC[C@@](C)(C(=O)O)CC2)cc1C(=O)N[C@@H]1[C@H]2CC[C@H](C2)[C@@H]1C(=O)NCC(C)(C)C. The Morgan fingerprint density at radius 1 is 1.08 bits per heavy atom. The average molecular weight is 533 g/mol. The number of rotatable bonds is 8. The van der Waals surface area contributed by atoms with Gasteiger partial charge in [-0.25, -0.2) is 4.39 Å². The number of methoxy groups -OCH3 is 1. The summed E-state index contributed by atoms with van der Waals surface area (Å²) in [4.78, 5) is 38.2. The molecule has 2 bridgehead atoms. The van der Waals surface area contributed by atoms with Crippen LogP contribution in [0.25, 0.3) is 0 Å². The van der Waals surface area contributed by atoms with Crippen LogP contribution < -0.4 is 20.1 Å². The van der Waals surface area contributed by atoms with Crippen LogP contribution in [0.3, 0.4) is 0 Å². The summed E-state index contributed by atoms with van der Waals surface area (Å²) < 4.78 is 26.2. The molecule has 38 heavy (non-hydrogen) atoms. The van der Waals surface area contributed by atoms with E-state index in [1.54, 1.807) is 6.92 Å². The topological polar surface area (TPSA) is 114 Å². The van der Waals surface area contributed by atoms with Crippen LogP contribution in [-0.4, -0.2) is 48.7 Å². The lowest BCUT2D eigenvalue weighted by Gasteiger charge is -2.34. The fourth-order valence-electron chi connectivity index (χ4n) is 6.29. The van der Waals surface area contributed by atoms with E-state index in [2.05, 4.69) is 31.4 Å². The lowest BCUT2D eigenvalue weighted by atomic mass is 9.75. The molecule has 210 valence electrons. The highest BCUT2D eigenvalue weighted by Crippen LogP contribution is 2.49. The first-order valence-electron chi connectivity index (χ1n) is 13.7. The molecule has 3 N–H and O–H groups in total. The third-order valence-electron chi connectivity index (χ3n) is 8.65. The molecular formula is C29H41FN2O6. The summed E-state index contributed by atoms with van der Waals surface area (Å²) in [5.41, 5.74) is -0.708. The van der Waals surface area contributed by atoms with Crippen molar-refractivity contribution in [1.82, 2.24) is 10.6 Å². The van der Waals surface area contributed by atoms with Crippen LogP contribution >= 0.6 is 0 Å². The zero-order chi connectivity index (χ0) is 27.8. The molecule has 0 radical (unpaired) electrons. The third-order valence-corrected chi connectivity index (χ3v) is 8.65. The smallest absolute Gasteiger partial charge is 0.309 e. The van der Waals surface area contributed by atoms with Crippen molar-refractivity contribution in [1.29, 1.82) is 0 Å². The van der Waals surface area contributed by atoms with Crippen molar-refractivity contribution in [2.45, 2.75) is 84.8 Å². The van der Waals surface area contributed by atoms with Gasteiger partial charge in [0.05, 0.1) is 30.1 Å². The van der Waals surface area contributed by atoms with Crippen LogP contribution in [-0.2, 0) is 9.59 Å². The maximum atomic E-state index is 14.9. The Hall–Kier alpha value is -2.84. The lowest BCUT2D eigenvalue weighted by molar-refractivity contribution is -0.150. The van der Waals surface area contributed by atoms with Crippen LogP contribution in [0.15, 0.2) is 12.1 Å². The molecule has 3 saturated carbocycles. The predicted octanol–water partition coefficient (Wildman–Crippen LogP) is 4.55. The summed E-state index contributed by atoms with van der Waals surface area (Å²) in [6, 6.07) is 2.20. The maximum Gasteiger partial charge on any atom is 0.309 e. The number of hydrogen-bond donors (Lipinski definition) is 3. The van der Waals surface area contributed by atoms with E-state index < -0.39 is 23.1 Å². The Kier molecular flexibility index (Phi) is 7.96. The van der Waals surface area contributed by atoms with Crippen LogP contribution in [0.5, 0.6) is 11.5 Å². The minimum absolute atomic E-state index is 0.0295. The predicted molar refractivity (Wildman–Crippen MR) is 140 cm³/mol. The van der Waals surface area contributed by atoms with Crippen molar-refractivity contribution in [2.75, 3.05) is 13.7 Å². The number of aliphatic carboxylic acids is 1. The van der Waals surface area contributed by atoms with Gasteiger partial charge < -0.3 is 25.2 Å². The Bertz CT molecular complexity index is 1080. The summed E-state index contributed by atoms with van der Waals surface area (Å²) in [6.45, 7) is 8.46. The number of hydrogen-bond acceptors (Lipinski definition) is 5. The fourth-order valence-corrected chi connectivity index (χ4v) is 6.29. The first-order chi connectivity index (χ1) is 17.8. The van der Waals surface area contributed by atoms with Gasteiger partial charge in [0.15, 0.2) is 11.6 Å². The molecule has 0 unspecified atom stereocenters. The quantitative estimate of drug-likeness (QED) is 0.453. The molecule has 0 spiro atoms. The van der Waals surface area contributed by atoms with Gasteiger partial charge in [-0.2, -0.15) is 0 Å². The summed E-state index contributed by atoms with van der Waals surface area (Å²) in [5, 5.41) is 15.6. The van der Waals surface area contributed by atoms with E-state index in [9.17, 15) is 23.9 Å². The van der Waals surface area contributed by atoms with E-state index >= 15 is 0 Å². The van der Waals surface area contributed by atoms with Gasteiger partial charge >= 0.3 is 5.97 Å².